The molecule has 1 aliphatic carbocycles. The van der Waals surface area contributed by atoms with E-state index in [0.29, 0.717) is 18.0 Å². The maximum Gasteiger partial charge on any atom is 0.191 e. The van der Waals surface area contributed by atoms with Crippen LogP contribution in [-0.4, -0.2) is 49.6 Å². The lowest BCUT2D eigenvalue weighted by Gasteiger charge is -2.33. The minimum atomic E-state index is 0.510. The smallest absolute Gasteiger partial charge is 0.191 e. The van der Waals surface area contributed by atoms with Gasteiger partial charge in [0.15, 0.2) is 5.96 Å². The van der Waals surface area contributed by atoms with Crippen molar-refractivity contribution in [2.45, 2.75) is 51.1 Å². The lowest BCUT2D eigenvalue weighted by Crippen LogP contribution is -2.49. The zero-order valence-electron chi connectivity index (χ0n) is 15.9. The molecule has 2 unspecified atom stereocenters. The second kappa shape index (κ2) is 8.05. The number of nitrogens with zero attached hydrogens (tertiary/aromatic N) is 2. The number of rotatable bonds is 5. The van der Waals surface area contributed by atoms with Gasteiger partial charge in [0.1, 0.15) is 0 Å². The molecule has 1 aromatic rings. The summed E-state index contributed by atoms with van der Waals surface area (Å²) in [6, 6.07) is 9.75. The first kappa shape index (κ1) is 18.0. The third-order valence-electron chi connectivity index (χ3n) is 5.35. The van der Waals surface area contributed by atoms with Crippen LogP contribution in [0.2, 0.25) is 0 Å². The molecule has 1 heterocycles. The van der Waals surface area contributed by atoms with Crippen LogP contribution in [0.15, 0.2) is 41.4 Å². The van der Waals surface area contributed by atoms with Gasteiger partial charge < -0.3 is 10.6 Å². The molecule has 0 aromatic heterocycles. The van der Waals surface area contributed by atoms with Crippen molar-refractivity contribution in [1.82, 2.24) is 15.5 Å². The molecule has 1 saturated carbocycles. The number of guanidine groups is 1. The van der Waals surface area contributed by atoms with Crippen molar-refractivity contribution in [3.63, 3.8) is 0 Å². The van der Waals surface area contributed by atoms with E-state index >= 15 is 0 Å². The molecule has 3 rings (SSSR count). The molecular formula is C21H32N4. The number of benzene rings is 1. The second-order valence-corrected chi connectivity index (χ2v) is 7.67. The van der Waals surface area contributed by atoms with Crippen LogP contribution < -0.4 is 10.6 Å². The van der Waals surface area contributed by atoms with Crippen molar-refractivity contribution >= 4 is 5.96 Å². The van der Waals surface area contributed by atoms with Crippen LogP contribution in [0.1, 0.15) is 43.2 Å². The Morgan fingerprint density at radius 3 is 2.60 bits per heavy atom. The largest absolute Gasteiger partial charge is 0.354 e. The molecule has 136 valence electrons. The summed E-state index contributed by atoms with van der Waals surface area (Å²) in [6.07, 6.45) is 3.53. The monoisotopic (exact) mass is 340 g/mol. The minimum Gasteiger partial charge on any atom is -0.354 e. The van der Waals surface area contributed by atoms with Crippen LogP contribution in [0.4, 0.5) is 0 Å². The number of piperidine rings is 1. The summed E-state index contributed by atoms with van der Waals surface area (Å²) in [6.45, 7) is 11.6. The SMILES string of the molecule is C=C(C)CN1CCC(NC(=NC)NC2CC2c2ccccc2C)CC1. The summed E-state index contributed by atoms with van der Waals surface area (Å²) < 4.78 is 0. The first-order chi connectivity index (χ1) is 12.1. The highest BCUT2D eigenvalue weighted by Crippen LogP contribution is 2.42. The predicted octanol–water partition coefficient (Wildman–Crippen LogP) is 3.06. The first-order valence-electron chi connectivity index (χ1n) is 9.49. The van der Waals surface area contributed by atoms with Crippen molar-refractivity contribution in [3.05, 3.63) is 47.5 Å². The molecule has 0 bridgehead atoms. The van der Waals surface area contributed by atoms with Crippen LogP contribution in [0.3, 0.4) is 0 Å². The quantitative estimate of drug-likeness (QED) is 0.492. The fourth-order valence-electron chi connectivity index (χ4n) is 3.86. The Bertz CT molecular complexity index is 629. The van der Waals surface area contributed by atoms with Gasteiger partial charge >= 0.3 is 0 Å². The van der Waals surface area contributed by atoms with Crippen molar-refractivity contribution in [3.8, 4) is 0 Å². The van der Waals surface area contributed by atoms with E-state index < -0.39 is 0 Å². The third kappa shape index (κ3) is 4.85. The fourth-order valence-corrected chi connectivity index (χ4v) is 3.86. The average Bonchev–Trinajstić information content (AvgIpc) is 3.35. The molecule has 25 heavy (non-hydrogen) atoms. The van der Waals surface area contributed by atoms with E-state index in [1.807, 2.05) is 7.05 Å². The molecule has 1 saturated heterocycles. The summed E-state index contributed by atoms with van der Waals surface area (Å²) in [4.78, 5) is 6.94. The highest BCUT2D eigenvalue weighted by Gasteiger charge is 2.39. The van der Waals surface area contributed by atoms with Gasteiger partial charge in [0.05, 0.1) is 0 Å². The van der Waals surface area contributed by atoms with Crippen molar-refractivity contribution < 1.29 is 0 Å². The van der Waals surface area contributed by atoms with E-state index in [2.05, 4.69) is 65.2 Å². The second-order valence-electron chi connectivity index (χ2n) is 7.67. The molecule has 0 amide bonds. The molecular weight excluding hydrogens is 308 g/mol. The Hall–Kier alpha value is -1.81. The van der Waals surface area contributed by atoms with E-state index in [-0.39, 0.29) is 0 Å². The number of likely N-dealkylation sites (tertiary alicyclic amines) is 1. The summed E-state index contributed by atoms with van der Waals surface area (Å²) >= 11 is 0. The van der Waals surface area contributed by atoms with Gasteiger partial charge in [-0.3, -0.25) is 9.89 Å². The zero-order valence-corrected chi connectivity index (χ0v) is 15.9. The van der Waals surface area contributed by atoms with Crippen molar-refractivity contribution in [1.29, 1.82) is 0 Å². The van der Waals surface area contributed by atoms with Gasteiger partial charge in [-0.15, -0.1) is 0 Å². The molecule has 2 aliphatic rings. The summed E-state index contributed by atoms with van der Waals surface area (Å²) in [5.41, 5.74) is 4.12. The van der Waals surface area contributed by atoms with E-state index in [1.165, 1.54) is 36.0 Å². The van der Waals surface area contributed by atoms with Gasteiger partial charge in [0.2, 0.25) is 0 Å². The highest BCUT2D eigenvalue weighted by molar-refractivity contribution is 5.80. The number of aryl methyl sites for hydroxylation is 1. The molecule has 2 atom stereocenters. The lowest BCUT2D eigenvalue weighted by atomic mass is 10.0. The van der Waals surface area contributed by atoms with Crippen LogP contribution in [0, 0.1) is 6.92 Å². The van der Waals surface area contributed by atoms with Gasteiger partial charge in [-0.2, -0.15) is 0 Å². The topological polar surface area (TPSA) is 39.7 Å². The van der Waals surface area contributed by atoms with Gasteiger partial charge in [-0.05, 0) is 44.2 Å². The first-order valence-corrected chi connectivity index (χ1v) is 9.49. The van der Waals surface area contributed by atoms with Crippen molar-refractivity contribution in [2.75, 3.05) is 26.7 Å². The van der Waals surface area contributed by atoms with Gasteiger partial charge in [-0.1, -0.05) is 36.4 Å². The average molecular weight is 341 g/mol. The minimum absolute atomic E-state index is 0.510. The Morgan fingerprint density at radius 2 is 1.96 bits per heavy atom. The van der Waals surface area contributed by atoms with Crippen LogP contribution in [0.25, 0.3) is 0 Å². The van der Waals surface area contributed by atoms with Crippen LogP contribution in [-0.2, 0) is 0 Å². The predicted molar refractivity (Wildman–Crippen MR) is 106 cm³/mol. The summed E-state index contributed by atoms with van der Waals surface area (Å²) in [5, 5.41) is 7.25. The van der Waals surface area contributed by atoms with Gasteiger partial charge in [0, 0.05) is 44.7 Å². The zero-order chi connectivity index (χ0) is 17.8. The molecule has 1 aliphatic heterocycles. The maximum absolute atomic E-state index is 4.45. The number of hydrogen-bond acceptors (Lipinski definition) is 2. The van der Waals surface area contributed by atoms with E-state index in [9.17, 15) is 0 Å². The normalized spacial score (nSPS) is 24.8. The summed E-state index contributed by atoms with van der Waals surface area (Å²) in [5.74, 6) is 1.58. The molecule has 0 radical (unpaired) electrons. The van der Waals surface area contributed by atoms with Gasteiger partial charge in [-0.25, -0.2) is 0 Å². The summed E-state index contributed by atoms with van der Waals surface area (Å²) in [7, 11) is 1.87. The maximum atomic E-state index is 4.45. The standard InChI is InChI=1S/C21H32N4/c1-15(2)14-25-11-9-17(10-12-25)23-21(22-4)24-20-13-19(20)18-8-6-5-7-16(18)3/h5-8,17,19-20H,1,9-14H2,2-4H3,(H2,22,23,24). The number of aliphatic imine (C=N–C) groups is 1. The number of hydrogen-bond donors (Lipinski definition) is 2. The molecule has 4 nitrogen and oxygen atoms in total. The molecule has 2 fully saturated rings. The van der Waals surface area contributed by atoms with E-state index in [1.54, 1.807) is 0 Å². The third-order valence-corrected chi connectivity index (χ3v) is 5.35. The molecule has 2 N–H and O–H groups in total. The Labute approximate surface area is 152 Å². The Morgan fingerprint density at radius 1 is 1.24 bits per heavy atom. The Balaban J connectivity index is 1.46. The van der Waals surface area contributed by atoms with Crippen LogP contribution >= 0.6 is 0 Å². The van der Waals surface area contributed by atoms with Gasteiger partial charge in [0.25, 0.3) is 0 Å². The lowest BCUT2D eigenvalue weighted by molar-refractivity contribution is 0.221. The van der Waals surface area contributed by atoms with Crippen molar-refractivity contribution in [2.24, 2.45) is 4.99 Å². The molecule has 0 spiro atoms. The molecule has 1 aromatic carbocycles. The Kier molecular flexibility index (Phi) is 5.79. The van der Waals surface area contributed by atoms with Crippen LogP contribution in [0.5, 0.6) is 0 Å². The fraction of sp³-hybridized carbons (Fsp3) is 0.571. The molecule has 4 heteroatoms. The highest BCUT2D eigenvalue weighted by atomic mass is 15.2. The van der Waals surface area contributed by atoms with E-state index in [4.69, 9.17) is 0 Å². The number of nitrogens with one attached hydrogen (secondary N) is 2. The van der Waals surface area contributed by atoms with E-state index in [0.717, 1.165) is 25.6 Å².